The van der Waals surface area contributed by atoms with E-state index in [1.807, 2.05) is 52.0 Å². The number of imide groups is 1. The van der Waals surface area contributed by atoms with E-state index in [0.29, 0.717) is 52.1 Å². The summed E-state index contributed by atoms with van der Waals surface area (Å²) in [4.78, 5) is 86.5. The molecule has 1 heterocycles. The molecule has 312 valence electrons. The van der Waals surface area contributed by atoms with Crippen molar-refractivity contribution in [1.29, 1.82) is 0 Å². The lowest BCUT2D eigenvalue weighted by Gasteiger charge is -2.23. The summed E-state index contributed by atoms with van der Waals surface area (Å²) in [7, 11) is 0. The third-order valence-corrected chi connectivity index (χ3v) is 9.17. The molecule has 0 saturated carbocycles. The molecule has 0 saturated heterocycles. The zero-order chi connectivity index (χ0) is 41.7. The molecule has 0 aromatic heterocycles. The Hall–Kier alpha value is -4.07. The summed E-state index contributed by atoms with van der Waals surface area (Å²) in [5, 5.41) is 2.69. The molecule has 13 nitrogen and oxygen atoms in total. The maximum Gasteiger partial charge on any atom is 0.309 e. The summed E-state index contributed by atoms with van der Waals surface area (Å²) in [5.41, 5.74) is 1.49. The summed E-state index contributed by atoms with van der Waals surface area (Å²) in [5.74, 6) is -1.78. The van der Waals surface area contributed by atoms with Crippen molar-refractivity contribution in [2.45, 2.75) is 118 Å². The van der Waals surface area contributed by atoms with Crippen LogP contribution < -0.4 is 5.32 Å². The van der Waals surface area contributed by atoms with Gasteiger partial charge in [-0.15, -0.1) is 0 Å². The maximum absolute atomic E-state index is 12.9. The number of rotatable bonds is 29. The van der Waals surface area contributed by atoms with Crippen molar-refractivity contribution in [3.05, 3.63) is 47.5 Å². The predicted molar refractivity (Wildman–Crippen MR) is 210 cm³/mol. The molecular weight excluding hydrogens is 720 g/mol. The van der Waals surface area contributed by atoms with Crippen molar-refractivity contribution in [3.63, 3.8) is 0 Å². The molecular formula is C43H64N2O11. The van der Waals surface area contributed by atoms with Gasteiger partial charge in [0.05, 0.1) is 45.0 Å². The fourth-order valence-electron chi connectivity index (χ4n) is 6.03. The van der Waals surface area contributed by atoms with Crippen molar-refractivity contribution in [2.75, 3.05) is 46.2 Å². The van der Waals surface area contributed by atoms with Gasteiger partial charge in [-0.3, -0.25) is 38.5 Å². The highest BCUT2D eigenvalue weighted by atomic mass is 16.6. The Kier molecular flexibility index (Phi) is 21.7. The number of Topliss-reactive ketones (excluding diaryl/α,β-unsaturated/α-hetero) is 3. The standard InChI is InChI=1S/C43H64N2O11/c1-30(26-32(3)42(52)56-43(5,6)7)27-34-12-14-35(15-13-34)29-37(47)31(2)28-38(48)33(4)44-39(49)18-21-54-23-25-55-24-22-53-20-9-11-36(46)10-8-19-45-40(50)16-17-41(45)51/h12-17,30-33H,8-11,18-29H2,1-7H3,(H,44,49)/t30-,31-,32+,33+/m1/s1. The van der Waals surface area contributed by atoms with E-state index in [0.717, 1.165) is 28.9 Å². The summed E-state index contributed by atoms with van der Waals surface area (Å²) in [6.07, 6.45) is 6.01. The van der Waals surface area contributed by atoms with Gasteiger partial charge in [-0.05, 0) is 70.4 Å². The van der Waals surface area contributed by atoms with Crippen molar-refractivity contribution in [2.24, 2.45) is 17.8 Å². The second-order valence-electron chi connectivity index (χ2n) is 15.8. The van der Waals surface area contributed by atoms with E-state index in [-0.39, 0.29) is 91.9 Å². The first-order valence-electron chi connectivity index (χ1n) is 19.9. The van der Waals surface area contributed by atoms with E-state index in [9.17, 15) is 33.6 Å². The van der Waals surface area contributed by atoms with E-state index in [1.54, 1.807) is 13.8 Å². The third kappa shape index (κ3) is 20.2. The minimum atomic E-state index is -0.727. The quantitative estimate of drug-likeness (QED) is 0.0663. The van der Waals surface area contributed by atoms with E-state index >= 15 is 0 Å². The Morgan fingerprint density at radius 1 is 0.696 bits per heavy atom. The molecule has 0 fully saturated rings. The van der Waals surface area contributed by atoms with Crippen LogP contribution in [0.1, 0.15) is 105 Å². The molecule has 0 bridgehead atoms. The molecule has 3 amide bonds. The molecule has 56 heavy (non-hydrogen) atoms. The highest BCUT2D eigenvalue weighted by Gasteiger charge is 2.25. The Morgan fingerprint density at radius 3 is 1.86 bits per heavy atom. The molecule has 0 radical (unpaired) electrons. The van der Waals surface area contributed by atoms with Gasteiger partial charge in [0, 0.05) is 63.3 Å². The fraction of sp³-hybridized carbons (Fsp3) is 0.651. The summed E-state index contributed by atoms with van der Waals surface area (Å²) in [6.45, 7) is 15.1. The lowest BCUT2D eigenvalue weighted by atomic mass is 9.90. The van der Waals surface area contributed by atoms with Crippen LogP contribution in [-0.4, -0.2) is 104 Å². The first-order chi connectivity index (χ1) is 26.4. The number of nitrogens with one attached hydrogen (secondary N) is 1. The molecule has 1 aliphatic rings. The first-order valence-corrected chi connectivity index (χ1v) is 19.9. The lowest BCUT2D eigenvalue weighted by molar-refractivity contribution is -0.160. The fourth-order valence-corrected chi connectivity index (χ4v) is 6.03. The Morgan fingerprint density at radius 2 is 1.25 bits per heavy atom. The maximum atomic E-state index is 12.9. The van der Waals surface area contributed by atoms with Gasteiger partial charge >= 0.3 is 5.97 Å². The minimum Gasteiger partial charge on any atom is -0.460 e. The highest BCUT2D eigenvalue weighted by molar-refractivity contribution is 6.12. The Labute approximate surface area is 332 Å². The van der Waals surface area contributed by atoms with Gasteiger partial charge in [0.15, 0.2) is 5.78 Å². The van der Waals surface area contributed by atoms with Crippen LogP contribution in [0.4, 0.5) is 0 Å². The van der Waals surface area contributed by atoms with E-state index in [1.165, 1.54) is 12.2 Å². The number of amides is 3. The molecule has 1 aromatic carbocycles. The van der Waals surface area contributed by atoms with Crippen LogP contribution in [0.3, 0.4) is 0 Å². The van der Waals surface area contributed by atoms with Crippen LogP contribution >= 0.6 is 0 Å². The van der Waals surface area contributed by atoms with Gasteiger partial charge < -0.3 is 24.3 Å². The van der Waals surface area contributed by atoms with Gasteiger partial charge in [-0.2, -0.15) is 0 Å². The predicted octanol–water partition coefficient (Wildman–Crippen LogP) is 4.94. The zero-order valence-corrected chi connectivity index (χ0v) is 34.5. The largest absolute Gasteiger partial charge is 0.460 e. The van der Waals surface area contributed by atoms with Crippen molar-refractivity contribution in [3.8, 4) is 0 Å². The van der Waals surface area contributed by atoms with E-state index in [4.69, 9.17) is 18.9 Å². The average Bonchev–Trinajstić information content (AvgIpc) is 3.44. The summed E-state index contributed by atoms with van der Waals surface area (Å²) >= 11 is 0. The van der Waals surface area contributed by atoms with Crippen LogP contribution in [0, 0.1) is 17.8 Å². The molecule has 0 unspecified atom stereocenters. The number of carbonyl (C=O) groups is 7. The molecule has 4 atom stereocenters. The van der Waals surface area contributed by atoms with Gasteiger partial charge in [0.25, 0.3) is 11.8 Å². The normalized spacial score (nSPS) is 15.0. The minimum absolute atomic E-state index is 0.0344. The Bertz CT molecular complexity index is 1460. The van der Waals surface area contributed by atoms with Crippen molar-refractivity contribution in [1.82, 2.24) is 10.2 Å². The van der Waals surface area contributed by atoms with Gasteiger partial charge in [-0.1, -0.05) is 45.0 Å². The summed E-state index contributed by atoms with van der Waals surface area (Å²) in [6, 6.07) is 7.15. The van der Waals surface area contributed by atoms with E-state index in [2.05, 4.69) is 12.2 Å². The smallest absolute Gasteiger partial charge is 0.309 e. The molecule has 1 aliphatic heterocycles. The molecule has 13 heteroatoms. The van der Waals surface area contributed by atoms with Crippen LogP contribution in [0.15, 0.2) is 36.4 Å². The Balaban J connectivity index is 1.49. The number of benzene rings is 1. The van der Waals surface area contributed by atoms with Gasteiger partial charge in [0.2, 0.25) is 5.91 Å². The van der Waals surface area contributed by atoms with Crippen molar-refractivity contribution < 1.29 is 52.5 Å². The van der Waals surface area contributed by atoms with Crippen LogP contribution in [-0.2, 0) is 65.4 Å². The third-order valence-electron chi connectivity index (χ3n) is 9.17. The van der Waals surface area contributed by atoms with Gasteiger partial charge in [0.1, 0.15) is 17.2 Å². The van der Waals surface area contributed by atoms with Crippen LogP contribution in [0.25, 0.3) is 0 Å². The average molecular weight is 785 g/mol. The molecule has 1 N–H and O–H groups in total. The lowest BCUT2D eigenvalue weighted by Crippen LogP contribution is -2.40. The molecule has 0 aliphatic carbocycles. The second-order valence-corrected chi connectivity index (χ2v) is 15.8. The van der Waals surface area contributed by atoms with E-state index < -0.39 is 17.6 Å². The SMILES string of the molecule is C[C@@H](Cc1ccc(CC(=O)[C@H](C)CC(=O)[C@H](C)NC(=O)CCOCCOCCOCCCC(=O)CCCN2C(=O)C=CC2=O)cc1)C[C@H](C)C(=O)OC(C)(C)C. The molecule has 1 aromatic rings. The zero-order valence-electron chi connectivity index (χ0n) is 34.5. The van der Waals surface area contributed by atoms with Crippen LogP contribution in [0.5, 0.6) is 0 Å². The second kappa shape index (κ2) is 25.2. The first kappa shape index (κ1) is 48.1. The monoisotopic (exact) mass is 784 g/mol. The topological polar surface area (TPSA) is 172 Å². The number of esters is 1. The highest BCUT2D eigenvalue weighted by Crippen LogP contribution is 2.21. The van der Waals surface area contributed by atoms with Gasteiger partial charge in [-0.25, -0.2) is 0 Å². The van der Waals surface area contributed by atoms with Crippen molar-refractivity contribution >= 4 is 41.0 Å². The molecule has 0 spiro atoms. The number of hydrogen-bond acceptors (Lipinski definition) is 11. The number of ketones is 3. The number of hydrogen-bond donors (Lipinski definition) is 1. The number of nitrogens with zero attached hydrogens (tertiary/aromatic N) is 1. The number of ether oxygens (including phenoxy) is 4. The summed E-state index contributed by atoms with van der Waals surface area (Å²) < 4.78 is 21.9. The molecule has 2 rings (SSSR count). The van der Waals surface area contributed by atoms with Crippen LogP contribution in [0.2, 0.25) is 0 Å². The number of carbonyl (C=O) groups excluding carboxylic acids is 7.